The Hall–Kier alpha value is -1.65. The second kappa shape index (κ2) is 5.99. The second-order valence-corrected chi connectivity index (χ2v) is 5.23. The highest BCUT2D eigenvalue weighted by Crippen LogP contribution is 2.34. The van der Waals surface area contributed by atoms with Gasteiger partial charge in [0.25, 0.3) is 0 Å². The molecule has 0 saturated carbocycles. The van der Waals surface area contributed by atoms with Gasteiger partial charge in [-0.2, -0.15) is 5.26 Å². The molecule has 0 amide bonds. The zero-order chi connectivity index (χ0) is 14.6. The van der Waals surface area contributed by atoms with E-state index in [2.05, 4.69) is 27.3 Å². The topological polar surface area (TPSA) is 88.2 Å². The molecular weight excluding hydrogens is 314 g/mol. The summed E-state index contributed by atoms with van der Waals surface area (Å²) in [4.78, 5) is 10.5. The van der Waals surface area contributed by atoms with Crippen LogP contribution in [0.3, 0.4) is 0 Å². The maximum Gasteiger partial charge on any atom is 0.312 e. The molecule has 1 atom stereocenters. The van der Waals surface area contributed by atoms with Crippen molar-refractivity contribution in [1.29, 1.82) is 5.26 Å². The van der Waals surface area contributed by atoms with Crippen molar-refractivity contribution in [1.82, 2.24) is 5.32 Å². The lowest BCUT2D eigenvalue weighted by Gasteiger charge is -2.21. The summed E-state index contributed by atoms with van der Waals surface area (Å²) < 4.78 is 6.10. The van der Waals surface area contributed by atoms with Gasteiger partial charge >= 0.3 is 5.69 Å². The number of benzene rings is 1. The highest BCUT2D eigenvalue weighted by Gasteiger charge is 2.26. The molecular formula is C12H14BrN3O3. The number of nitro groups is 1. The van der Waals surface area contributed by atoms with E-state index < -0.39 is 10.5 Å². The quantitative estimate of drug-likeness (QED) is 0.663. The Morgan fingerprint density at radius 1 is 1.63 bits per heavy atom. The zero-order valence-electron chi connectivity index (χ0n) is 10.9. The molecule has 1 N–H and O–H groups in total. The third-order valence-corrected chi connectivity index (χ3v) is 3.18. The number of ether oxygens (including phenoxy) is 1. The van der Waals surface area contributed by atoms with Crippen LogP contribution >= 0.6 is 15.9 Å². The number of nitriles is 1. The van der Waals surface area contributed by atoms with Gasteiger partial charge in [0.1, 0.15) is 12.1 Å². The van der Waals surface area contributed by atoms with Crippen molar-refractivity contribution in [2.45, 2.75) is 19.4 Å². The Morgan fingerprint density at radius 2 is 2.26 bits per heavy atom. The summed E-state index contributed by atoms with van der Waals surface area (Å²) in [6, 6.07) is 5.17. The van der Waals surface area contributed by atoms with E-state index in [9.17, 15) is 10.1 Å². The molecule has 1 aromatic carbocycles. The summed E-state index contributed by atoms with van der Waals surface area (Å²) in [5.74, 6) is 0.185. The third-order valence-electron chi connectivity index (χ3n) is 2.72. The number of rotatable bonds is 5. The molecule has 7 heteroatoms. The normalized spacial score (nSPS) is 13.4. The van der Waals surface area contributed by atoms with Crippen molar-refractivity contribution in [3.05, 3.63) is 32.3 Å². The Labute approximate surface area is 119 Å². The number of nitro benzene ring substituents is 1. The van der Waals surface area contributed by atoms with Crippen molar-refractivity contribution in [3.63, 3.8) is 0 Å². The highest BCUT2D eigenvalue weighted by molar-refractivity contribution is 9.10. The van der Waals surface area contributed by atoms with Crippen LogP contribution in [0.4, 0.5) is 5.69 Å². The summed E-state index contributed by atoms with van der Waals surface area (Å²) in [7, 11) is 1.63. The van der Waals surface area contributed by atoms with E-state index in [0.29, 0.717) is 10.0 Å². The van der Waals surface area contributed by atoms with E-state index >= 15 is 0 Å². The van der Waals surface area contributed by atoms with Crippen LogP contribution in [0.1, 0.15) is 12.5 Å². The van der Waals surface area contributed by atoms with Crippen LogP contribution in [-0.2, 0) is 0 Å². The van der Waals surface area contributed by atoms with Gasteiger partial charge in [0, 0.05) is 10.5 Å². The summed E-state index contributed by atoms with van der Waals surface area (Å²) in [5, 5.41) is 22.8. The fourth-order valence-electron chi connectivity index (χ4n) is 1.41. The largest absolute Gasteiger partial charge is 0.484 e. The summed E-state index contributed by atoms with van der Waals surface area (Å²) in [6.45, 7) is 3.40. The number of nitrogens with zero attached hydrogens (tertiary/aromatic N) is 2. The van der Waals surface area contributed by atoms with E-state index in [1.807, 2.05) is 0 Å². The van der Waals surface area contributed by atoms with Crippen LogP contribution in [-0.4, -0.2) is 24.1 Å². The molecule has 1 rings (SSSR count). The summed E-state index contributed by atoms with van der Waals surface area (Å²) >= 11 is 3.21. The smallest absolute Gasteiger partial charge is 0.312 e. The minimum atomic E-state index is -0.895. The molecule has 0 radical (unpaired) electrons. The first kappa shape index (κ1) is 15.4. The molecule has 102 valence electrons. The SMILES string of the molecule is CNC(C)(C#N)COc1c(C)cc(Br)cc1[N+](=O)[O-]. The molecule has 0 aliphatic rings. The Kier molecular flexibility index (Phi) is 4.86. The lowest BCUT2D eigenvalue weighted by atomic mass is 10.1. The van der Waals surface area contributed by atoms with E-state index in [4.69, 9.17) is 10.00 Å². The van der Waals surface area contributed by atoms with Gasteiger partial charge in [-0.1, -0.05) is 15.9 Å². The van der Waals surface area contributed by atoms with Gasteiger partial charge in [-0.05, 0) is 32.5 Å². The molecule has 0 bridgehead atoms. The number of nitrogens with one attached hydrogen (secondary N) is 1. The monoisotopic (exact) mass is 327 g/mol. The predicted molar refractivity (Wildman–Crippen MR) is 74.1 cm³/mol. The Bertz CT molecular complexity index is 542. The standard InChI is InChI=1S/C12H14BrN3O3/c1-8-4-9(13)5-10(16(17)18)11(8)19-7-12(2,6-14)15-3/h4-5,15H,7H2,1-3H3. The minimum Gasteiger partial charge on any atom is -0.484 e. The number of hydrogen-bond acceptors (Lipinski definition) is 5. The highest BCUT2D eigenvalue weighted by atomic mass is 79.9. The van der Waals surface area contributed by atoms with Crippen LogP contribution < -0.4 is 10.1 Å². The summed E-state index contributed by atoms with van der Waals surface area (Å²) in [5.41, 5.74) is -0.381. The van der Waals surface area contributed by atoms with Crippen LogP contribution in [0.25, 0.3) is 0 Å². The van der Waals surface area contributed by atoms with Gasteiger partial charge in [0.15, 0.2) is 5.75 Å². The molecule has 1 unspecified atom stereocenters. The molecule has 0 aromatic heterocycles. The van der Waals surface area contributed by atoms with Crippen molar-refractivity contribution in [2.24, 2.45) is 0 Å². The maximum absolute atomic E-state index is 11.0. The fourth-order valence-corrected chi connectivity index (χ4v) is 1.97. The minimum absolute atomic E-state index is 0.0172. The van der Waals surface area contributed by atoms with Crippen LogP contribution in [0, 0.1) is 28.4 Å². The first-order valence-electron chi connectivity index (χ1n) is 5.50. The Morgan fingerprint density at radius 3 is 2.74 bits per heavy atom. The molecule has 0 heterocycles. The van der Waals surface area contributed by atoms with Crippen molar-refractivity contribution in [2.75, 3.05) is 13.7 Å². The van der Waals surface area contributed by atoms with Gasteiger partial charge in [-0.3, -0.25) is 15.4 Å². The third kappa shape index (κ3) is 3.66. The molecule has 0 aliphatic heterocycles. The number of likely N-dealkylation sites (N-methyl/N-ethyl adjacent to an activating group) is 1. The van der Waals surface area contributed by atoms with E-state index in [1.165, 1.54) is 6.07 Å². The second-order valence-electron chi connectivity index (χ2n) is 4.31. The molecule has 1 aromatic rings. The van der Waals surface area contributed by atoms with Gasteiger partial charge in [-0.15, -0.1) is 0 Å². The summed E-state index contributed by atoms with van der Waals surface area (Å²) in [6.07, 6.45) is 0. The van der Waals surface area contributed by atoms with Gasteiger partial charge in [-0.25, -0.2) is 0 Å². The average molecular weight is 328 g/mol. The van der Waals surface area contributed by atoms with Crippen molar-refractivity contribution < 1.29 is 9.66 Å². The average Bonchev–Trinajstić information content (AvgIpc) is 2.36. The lowest BCUT2D eigenvalue weighted by Crippen LogP contribution is -2.43. The van der Waals surface area contributed by atoms with Gasteiger partial charge in [0.2, 0.25) is 0 Å². The van der Waals surface area contributed by atoms with Crippen LogP contribution in [0.2, 0.25) is 0 Å². The molecule has 0 saturated heterocycles. The predicted octanol–water partition coefficient (Wildman–Crippen LogP) is 2.55. The zero-order valence-corrected chi connectivity index (χ0v) is 12.4. The lowest BCUT2D eigenvalue weighted by molar-refractivity contribution is -0.386. The first-order valence-corrected chi connectivity index (χ1v) is 6.30. The van der Waals surface area contributed by atoms with Gasteiger partial charge < -0.3 is 4.74 Å². The molecule has 0 spiro atoms. The molecule has 19 heavy (non-hydrogen) atoms. The first-order chi connectivity index (χ1) is 8.83. The van der Waals surface area contributed by atoms with Crippen molar-refractivity contribution >= 4 is 21.6 Å². The van der Waals surface area contributed by atoms with E-state index in [-0.39, 0.29) is 18.0 Å². The number of aryl methyl sites for hydroxylation is 1. The number of hydrogen-bond donors (Lipinski definition) is 1. The fraction of sp³-hybridized carbons (Fsp3) is 0.417. The maximum atomic E-state index is 11.0. The molecule has 0 fully saturated rings. The van der Waals surface area contributed by atoms with Crippen molar-refractivity contribution in [3.8, 4) is 11.8 Å². The number of halogens is 1. The van der Waals surface area contributed by atoms with E-state index in [1.54, 1.807) is 27.0 Å². The van der Waals surface area contributed by atoms with Gasteiger partial charge in [0.05, 0.1) is 11.0 Å². The van der Waals surface area contributed by atoms with Crippen LogP contribution in [0.15, 0.2) is 16.6 Å². The van der Waals surface area contributed by atoms with Crippen LogP contribution in [0.5, 0.6) is 5.75 Å². The molecule has 6 nitrogen and oxygen atoms in total. The van der Waals surface area contributed by atoms with E-state index in [0.717, 1.165) is 0 Å². The Balaban J connectivity index is 3.08. The molecule has 0 aliphatic carbocycles.